The number of amides is 1. The van der Waals surface area contributed by atoms with Crippen LogP contribution in [0.15, 0.2) is 0 Å². The van der Waals surface area contributed by atoms with Gasteiger partial charge in [-0.25, -0.2) is 0 Å². The molecule has 1 aliphatic carbocycles. The van der Waals surface area contributed by atoms with Gasteiger partial charge in [-0.05, 0) is 12.8 Å². The summed E-state index contributed by atoms with van der Waals surface area (Å²) in [4.78, 5) is 22.7. The van der Waals surface area contributed by atoms with Crippen molar-refractivity contribution < 1.29 is 14.7 Å². The number of carbonyl (C=O) groups excluding carboxylic acids is 1. The van der Waals surface area contributed by atoms with Crippen LogP contribution in [0.2, 0.25) is 0 Å². The van der Waals surface area contributed by atoms with Crippen LogP contribution in [0.1, 0.15) is 46.0 Å². The minimum atomic E-state index is -0.782. The molecule has 1 rings (SSSR count). The van der Waals surface area contributed by atoms with Gasteiger partial charge in [0.25, 0.3) is 0 Å². The molecule has 1 fully saturated rings. The Hall–Kier alpha value is -1.06. The number of carbonyl (C=O) groups is 2. The van der Waals surface area contributed by atoms with Crippen LogP contribution in [0, 0.1) is 11.8 Å². The van der Waals surface area contributed by atoms with Gasteiger partial charge in [0, 0.05) is 12.0 Å². The lowest BCUT2D eigenvalue weighted by atomic mass is 9.94. The first kappa shape index (κ1) is 13.0. The van der Waals surface area contributed by atoms with E-state index in [9.17, 15) is 9.59 Å². The van der Waals surface area contributed by atoms with Crippen molar-refractivity contribution >= 4 is 11.9 Å². The Labute approximate surface area is 96.4 Å². The standard InChI is InChI=1S/C12H21NO3/c1-8(2)11(14)13-10-7-5-3-4-6-9(10)12(15)16/h8-10H,3-7H2,1-2H3,(H,13,14)(H,15,16). The summed E-state index contributed by atoms with van der Waals surface area (Å²) in [7, 11) is 0. The molecule has 0 saturated heterocycles. The van der Waals surface area contributed by atoms with Gasteiger partial charge in [-0.2, -0.15) is 0 Å². The molecule has 0 aromatic heterocycles. The minimum Gasteiger partial charge on any atom is -0.481 e. The van der Waals surface area contributed by atoms with E-state index in [1.807, 2.05) is 13.8 Å². The van der Waals surface area contributed by atoms with E-state index in [4.69, 9.17) is 5.11 Å². The van der Waals surface area contributed by atoms with Crippen molar-refractivity contribution in [1.82, 2.24) is 5.32 Å². The summed E-state index contributed by atoms with van der Waals surface area (Å²) in [6.07, 6.45) is 4.49. The highest BCUT2D eigenvalue weighted by Gasteiger charge is 2.30. The molecule has 2 N–H and O–H groups in total. The molecule has 2 atom stereocenters. The lowest BCUT2D eigenvalue weighted by molar-refractivity contribution is -0.143. The van der Waals surface area contributed by atoms with Crippen molar-refractivity contribution in [1.29, 1.82) is 0 Å². The molecule has 2 unspecified atom stereocenters. The molecule has 0 aliphatic heterocycles. The molecule has 4 heteroatoms. The van der Waals surface area contributed by atoms with E-state index in [1.54, 1.807) is 0 Å². The van der Waals surface area contributed by atoms with Crippen molar-refractivity contribution in [2.24, 2.45) is 11.8 Å². The van der Waals surface area contributed by atoms with Gasteiger partial charge in [-0.15, -0.1) is 0 Å². The third-order valence-electron chi connectivity index (χ3n) is 3.19. The molecule has 92 valence electrons. The number of rotatable bonds is 3. The van der Waals surface area contributed by atoms with E-state index >= 15 is 0 Å². The fraction of sp³-hybridized carbons (Fsp3) is 0.833. The highest BCUT2D eigenvalue weighted by atomic mass is 16.4. The van der Waals surface area contributed by atoms with E-state index in [2.05, 4.69) is 5.32 Å². The average molecular weight is 227 g/mol. The van der Waals surface area contributed by atoms with Gasteiger partial charge in [0.05, 0.1) is 5.92 Å². The topological polar surface area (TPSA) is 66.4 Å². The average Bonchev–Trinajstić information content (AvgIpc) is 2.42. The van der Waals surface area contributed by atoms with Crippen molar-refractivity contribution in [3.63, 3.8) is 0 Å². The van der Waals surface area contributed by atoms with E-state index in [1.165, 1.54) is 0 Å². The highest BCUT2D eigenvalue weighted by molar-refractivity contribution is 5.79. The van der Waals surface area contributed by atoms with Crippen LogP contribution in [0.5, 0.6) is 0 Å². The van der Waals surface area contributed by atoms with Crippen LogP contribution in [-0.4, -0.2) is 23.0 Å². The van der Waals surface area contributed by atoms with Crippen molar-refractivity contribution in [3.05, 3.63) is 0 Å². The van der Waals surface area contributed by atoms with E-state index < -0.39 is 11.9 Å². The fourth-order valence-electron chi connectivity index (χ4n) is 2.13. The first-order valence-corrected chi connectivity index (χ1v) is 6.05. The highest BCUT2D eigenvalue weighted by Crippen LogP contribution is 2.24. The third-order valence-corrected chi connectivity index (χ3v) is 3.19. The van der Waals surface area contributed by atoms with Gasteiger partial charge in [-0.1, -0.05) is 33.1 Å². The SMILES string of the molecule is CC(C)C(=O)NC1CCCCCC1C(=O)O. The number of aliphatic carboxylic acids is 1. The van der Waals surface area contributed by atoms with Gasteiger partial charge in [0.2, 0.25) is 5.91 Å². The Morgan fingerprint density at radius 3 is 2.38 bits per heavy atom. The van der Waals surface area contributed by atoms with Gasteiger partial charge in [-0.3, -0.25) is 9.59 Å². The molecule has 1 amide bonds. The first-order valence-electron chi connectivity index (χ1n) is 6.05. The predicted octanol–water partition coefficient (Wildman–Crippen LogP) is 1.79. The second-order valence-electron chi connectivity index (χ2n) is 4.85. The molecule has 0 spiro atoms. The number of hydrogen-bond acceptors (Lipinski definition) is 2. The minimum absolute atomic E-state index is 0.0434. The Morgan fingerprint density at radius 2 is 1.81 bits per heavy atom. The molecule has 0 bridgehead atoms. The summed E-state index contributed by atoms with van der Waals surface area (Å²) in [5.74, 6) is -1.32. The number of carboxylic acid groups (broad SMARTS) is 1. The molecule has 0 heterocycles. The van der Waals surface area contributed by atoms with E-state index in [0.717, 1.165) is 25.7 Å². The first-order chi connectivity index (χ1) is 7.52. The lowest BCUT2D eigenvalue weighted by Crippen LogP contribution is -2.44. The summed E-state index contributed by atoms with van der Waals surface area (Å²) in [6, 6.07) is -0.185. The maximum Gasteiger partial charge on any atom is 0.308 e. The Bertz CT molecular complexity index is 263. The molecule has 0 aromatic carbocycles. The maximum atomic E-state index is 11.6. The Kier molecular flexibility index (Phi) is 4.77. The summed E-state index contributed by atoms with van der Waals surface area (Å²) in [6.45, 7) is 3.64. The summed E-state index contributed by atoms with van der Waals surface area (Å²) >= 11 is 0. The quantitative estimate of drug-likeness (QED) is 0.722. The molecule has 0 aromatic rings. The molecule has 4 nitrogen and oxygen atoms in total. The largest absolute Gasteiger partial charge is 0.481 e. The summed E-state index contributed by atoms with van der Waals surface area (Å²) in [5, 5.41) is 12.0. The van der Waals surface area contributed by atoms with Crippen LogP contribution in [0.25, 0.3) is 0 Å². The number of nitrogens with one attached hydrogen (secondary N) is 1. The second-order valence-corrected chi connectivity index (χ2v) is 4.85. The Balaban J connectivity index is 2.64. The van der Waals surface area contributed by atoms with Crippen LogP contribution in [-0.2, 0) is 9.59 Å². The smallest absolute Gasteiger partial charge is 0.308 e. The maximum absolute atomic E-state index is 11.6. The molecule has 0 radical (unpaired) electrons. The zero-order valence-electron chi connectivity index (χ0n) is 10.0. The number of hydrogen-bond donors (Lipinski definition) is 2. The zero-order chi connectivity index (χ0) is 12.1. The van der Waals surface area contributed by atoms with Crippen molar-refractivity contribution in [2.45, 2.75) is 52.0 Å². The van der Waals surface area contributed by atoms with Crippen LogP contribution < -0.4 is 5.32 Å². The van der Waals surface area contributed by atoms with Gasteiger partial charge < -0.3 is 10.4 Å². The summed E-state index contributed by atoms with van der Waals surface area (Å²) in [5.41, 5.74) is 0. The van der Waals surface area contributed by atoms with Crippen LogP contribution in [0.3, 0.4) is 0 Å². The van der Waals surface area contributed by atoms with Crippen molar-refractivity contribution in [2.75, 3.05) is 0 Å². The zero-order valence-corrected chi connectivity index (χ0v) is 10.0. The lowest BCUT2D eigenvalue weighted by Gasteiger charge is -2.23. The van der Waals surface area contributed by atoms with Gasteiger partial charge in [0.15, 0.2) is 0 Å². The predicted molar refractivity (Wildman–Crippen MR) is 61.0 cm³/mol. The van der Waals surface area contributed by atoms with Crippen LogP contribution in [0.4, 0.5) is 0 Å². The summed E-state index contributed by atoms with van der Waals surface area (Å²) < 4.78 is 0. The van der Waals surface area contributed by atoms with E-state index in [-0.39, 0.29) is 17.9 Å². The van der Waals surface area contributed by atoms with Gasteiger partial charge in [0.1, 0.15) is 0 Å². The van der Waals surface area contributed by atoms with Crippen molar-refractivity contribution in [3.8, 4) is 0 Å². The second kappa shape index (κ2) is 5.87. The molecular formula is C12H21NO3. The number of carboxylic acids is 1. The fourth-order valence-corrected chi connectivity index (χ4v) is 2.13. The monoisotopic (exact) mass is 227 g/mol. The Morgan fingerprint density at radius 1 is 1.19 bits per heavy atom. The van der Waals surface area contributed by atoms with Crippen LogP contribution >= 0.6 is 0 Å². The normalized spacial score (nSPS) is 26.2. The van der Waals surface area contributed by atoms with Gasteiger partial charge >= 0.3 is 5.97 Å². The molecular weight excluding hydrogens is 206 g/mol. The molecule has 1 aliphatic rings. The molecule has 16 heavy (non-hydrogen) atoms. The van der Waals surface area contributed by atoms with E-state index in [0.29, 0.717) is 6.42 Å². The third kappa shape index (κ3) is 3.51. The molecule has 1 saturated carbocycles.